The lowest BCUT2D eigenvalue weighted by atomic mass is 10.1. The number of amides is 1. The quantitative estimate of drug-likeness (QED) is 0.586. The van der Waals surface area contributed by atoms with Crippen molar-refractivity contribution in [3.05, 3.63) is 29.8 Å². The average Bonchev–Trinajstić information content (AvgIpc) is 2.21. The van der Waals surface area contributed by atoms with Gasteiger partial charge in [-0.05, 0) is 18.6 Å². The van der Waals surface area contributed by atoms with Crippen molar-refractivity contribution in [1.82, 2.24) is 0 Å². The highest BCUT2D eigenvalue weighted by Gasteiger charge is 2.07. The molecule has 0 saturated heterocycles. The Balaban J connectivity index is 2.74. The van der Waals surface area contributed by atoms with Crippen molar-refractivity contribution in [3.8, 4) is 0 Å². The van der Waals surface area contributed by atoms with E-state index in [1.165, 1.54) is 0 Å². The maximum atomic E-state index is 11.2. The fourth-order valence-electron chi connectivity index (χ4n) is 1.25. The number of rotatable bonds is 5. The summed E-state index contributed by atoms with van der Waals surface area (Å²) in [5.41, 5.74) is 1.39. The number of carbonyl (C=O) groups is 2. The molecule has 0 radical (unpaired) electrons. The largest absolute Gasteiger partial charge is 0.466 e. The van der Waals surface area contributed by atoms with E-state index in [1.807, 2.05) is 6.07 Å². The maximum Gasteiger partial charge on any atom is 0.310 e. The van der Waals surface area contributed by atoms with Crippen molar-refractivity contribution in [2.24, 2.45) is 0 Å². The van der Waals surface area contributed by atoms with Crippen LogP contribution in [0.3, 0.4) is 0 Å². The van der Waals surface area contributed by atoms with Crippen molar-refractivity contribution in [2.45, 2.75) is 13.3 Å². The minimum absolute atomic E-state index is 0.171. The van der Waals surface area contributed by atoms with Gasteiger partial charge < -0.3 is 10.1 Å². The van der Waals surface area contributed by atoms with Gasteiger partial charge in [0.15, 0.2) is 0 Å². The molecule has 1 aromatic rings. The van der Waals surface area contributed by atoms with Gasteiger partial charge in [0.05, 0.1) is 13.0 Å². The van der Waals surface area contributed by atoms with Crippen LogP contribution in [0.5, 0.6) is 0 Å². The number of hydrogen-bond donors (Lipinski definition) is 1. The molecule has 4 heteroatoms. The van der Waals surface area contributed by atoms with Crippen molar-refractivity contribution < 1.29 is 14.3 Å². The lowest BCUT2D eigenvalue weighted by molar-refractivity contribution is -0.142. The molecule has 1 N–H and O–H groups in total. The molecular weight excluding hydrogens is 194 g/mol. The Hall–Kier alpha value is -1.84. The molecule has 0 fully saturated rings. The van der Waals surface area contributed by atoms with Gasteiger partial charge in [0.2, 0.25) is 6.41 Å². The topological polar surface area (TPSA) is 55.4 Å². The highest BCUT2D eigenvalue weighted by molar-refractivity contribution is 5.79. The number of nitrogens with one attached hydrogen (secondary N) is 1. The Kier molecular flexibility index (Phi) is 4.34. The summed E-state index contributed by atoms with van der Waals surface area (Å²) < 4.78 is 4.82. The molecule has 0 bridgehead atoms. The van der Waals surface area contributed by atoms with Crippen LogP contribution < -0.4 is 5.32 Å². The van der Waals surface area contributed by atoms with Gasteiger partial charge in [0.1, 0.15) is 0 Å². The SMILES string of the molecule is CCOC(=O)Cc1ccccc1NC=O. The molecule has 0 saturated carbocycles. The normalized spacial score (nSPS) is 9.40. The standard InChI is InChI=1S/C11H13NO3/c1-2-15-11(14)7-9-5-3-4-6-10(9)12-8-13/h3-6,8H,2,7H2,1H3,(H,12,13). The monoisotopic (exact) mass is 207 g/mol. The fraction of sp³-hybridized carbons (Fsp3) is 0.273. The summed E-state index contributed by atoms with van der Waals surface area (Å²) in [5.74, 6) is -0.294. The highest BCUT2D eigenvalue weighted by atomic mass is 16.5. The summed E-state index contributed by atoms with van der Waals surface area (Å²) in [6, 6.07) is 7.12. The summed E-state index contributed by atoms with van der Waals surface area (Å²) in [6.45, 7) is 2.12. The number of carbonyl (C=O) groups excluding carboxylic acids is 2. The summed E-state index contributed by atoms with van der Waals surface area (Å²) in [7, 11) is 0. The number of ether oxygens (including phenoxy) is 1. The molecule has 1 rings (SSSR count). The predicted molar refractivity (Wildman–Crippen MR) is 56.5 cm³/mol. The number of hydrogen-bond acceptors (Lipinski definition) is 3. The maximum absolute atomic E-state index is 11.2. The predicted octanol–water partition coefficient (Wildman–Crippen LogP) is 1.36. The molecule has 4 nitrogen and oxygen atoms in total. The average molecular weight is 207 g/mol. The summed E-state index contributed by atoms with van der Waals surface area (Å²) >= 11 is 0. The summed E-state index contributed by atoms with van der Waals surface area (Å²) in [4.78, 5) is 21.5. The first-order chi connectivity index (χ1) is 7.27. The molecule has 0 unspecified atom stereocenters. The second-order valence-corrected chi connectivity index (χ2v) is 2.90. The van der Waals surface area contributed by atoms with Crippen molar-refractivity contribution in [2.75, 3.05) is 11.9 Å². The van der Waals surface area contributed by atoms with E-state index in [-0.39, 0.29) is 12.4 Å². The molecule has 1 amide bonds. The van der Waals surface area contributed by atoms with Crippen molar-refractivity contribution in [1.29, 1.82) is 0 Å². The van der Waals surface area contributed by atoms with E-state index >= 15 is 0 Å². The second kappa shape index (κ2) is 5.80. The zero-order valence-corrected chi connectivity index (χ0v) is 8.53. The van der Waals surface area contributed by atoms with E-state index in [4.69, 9.17) is 4.74 Å². The van der Waals surface area contributed by atoms with Crippen LogP contribution >= 0.6 is 0 Å². The van der Waals surface area contributed by atoms with E-state index in [9.17, 15) is 9.59 Å². The lowest BCUT2D eigenvalue weighted by Gasteiger charge is -2.07. The van der Waals surface area contributed by atoms with Gasteiger partial charge in [-0.2, -0.15) is 0 Å². The molecule has 0 aliphatic heterocycles. The third-order valence-corrected chi connectivity index (χ3v) is 1.87. The van der Waals surface area contributed by atoms with Gasteiger partial charge in [-0.15, -0.1) is 0 Å². The number of anilines is 1. The molecule has 15 heavy (non-hydrogen) atoms. The smallest absolute Gasteiger partial charge is 0.310 e. The van der Waals surface area contributed by atoms with Crippen LogP contribution in [0.15, 0.2) is 24.3 Å². The van der Waals surface area contributed by atoms with Gasteiger partial charge in [-0.25, -0.2) is 0 Å². The molecule has 0 aromatic heterocycles. The van der Waals surface area contributed by atoms with Gasteiger partial charge >= 0.3 is 5.97 Å². The van der Waals surface area contributed by atoms with Crippen molar-refractivity contribution >= 4 is 18.1 Å². The molecule has 0 atom stereocenters. The van der Waals surface area contributed by atoms with Crippen LogP contribution in [0.4, 0.5) is 5.69 Å². The number of para-hydroxylation sites is 1. The van der Waals surface area contributed by atoms with E-state index in [0.29, 0.717) is 18.7 Å². The summed E-state index contributed by atoms with van der Waals surface area (Å²) in [6.07, 6.45) is 0.759. The Morgan fingerprint density at radius 3 is 2.87 bits per heavy atom. The molecule has 0 aliphatic carbocycles. The van der Waals surface area contributed by atoms with Crippen molar-refractivity contribution in [3.63, 3.8) is 0 Å². The van der Waals surface area contributed by atoms with E-state index < -0.39 is 0 Å². The van der Waals surface area contributed by atoms with Gasteiger partial charge in [0, 0.05) is 5.69 Å². The number of esters is 1. The van der Waals surface area contributed by atoms with E-state index in [2.05, 4.69) is 5.32 Å². The first-order valence-electron chi connectivity index (χ1n) is 4.71. The van der Waals surface area contributed by atoms with Crippen LogP contribution in [-0.2, 0) is 20.7 Å². The third-order valence-electron chi connectivity index (χ3n) is 1.87. The Labute approximate surface area is 88.2 Å². The Bertz CT molecular complexity index is 349. The molecular formula is C11H13NO3. The third kappa shape index (κ3) is 3.42. The molecule has 1 aromatic carbocycles. The Morgan fingerprint density at radius 1 is 1.47 bits per heavy atom. The van der Waals surface area contributed by atoms with Crippen LogP contribution in [0.1, 0.15) is 12.5 Å². The molecule has 80 valence electrons. The molecule has 0 aliphatic rings. The molecule has 0 heterocycles. The minimum Gasteiger partial charge on any atom is -0.466 e. The van der Waals surface area contributed by atoms with E-state index in [0.717, 1.165) is 5.56 Å². The van der Waals surface area contributed by atoms with Gasteiger partial charge in [0.25, 0.3) is 0 Å². The highest BCUT2D eigenvalue weighted by Crippen LogP contribution is 2.15. The Morgan fingerprint density at radius 2 is 2.20 bits per heavy atom. The fourth-order valence-corrected chi connectivity index (χ4v) is 1.25. The van der Waals surface area contributed by atoms with Crippen LogP contribution in [0.25, 0.3) is 0 Å². The first-order valence-corrected chi connectivity index (χ1v) is 4.71. The minimum atomic E-state index is -0.294. The van der Waals surface area contributed by atoms with E-state index in [1.54, 1.807) is 25.1 Å². The van der Waals surface area contributed by atoms with Crippen LogP contribution in [0, 0.1) is 0 Å². The zero-order chi connectivity index (χ0) is 11.1. The van der Waals surface area contributed by atoms with Crippen LogP contribution in [0.2, 0.25) is 0 Å². The lowest BCUT2D eigenvalue weighted by Crippen LogP contribution is -2.09. The summed E-state index contributed by atoms with van der Waals surface area (Å²) in [5, 5.41) is 2.54. The first kappa shape index (κ1) is 11.2. The van der Waals surface area contributed by atoms with Gasteiger partial charge in [-0.1, -0.05) is 18.2 Å². The second-order valence-electron chi connectivity index (χ2n) is 2.90. The van der Waals surface area contributed by atoms with Gasteiger partial charge in [-0.3, -0.25) is 9.59 Å². The zero-order valence-electron chi connectivity index (χ0n) is 8.53. The number of benzene rings is 1. The van der Waals surface area contributed by atoms with Crippen LogP contribution in [-0.4, -0.2) is 19.0 Å². The molecule has 0 spiro atoms.